The smallest absolute Gasteiger partial charge is 0.131 e. The van der Waals surface area contributed by atoms with E-state index >= 15 is 0 Å². The normalized spacial score (nSPS) is 14.2. The first-order valence-corrected chi connectivity index (χ1v) is 11.5. The van der Waals surface area contributed by atoms with Gasteiger partial charge in [0.05, 0.1) is 11.0 Å². The van der Waals surface area contributed by atoms with E-state index in [-0.39, 0.29) is 5.41 Å². The Morgan fingerprint density at radius 1 is 0.606 bits per heavy atom. The molecule has 0 saturated carbocycles. The fraction of sp³-hybridized carbons (Fsp3) is 0.0968. The van der Waals surface area contributed by atoms with Gasteiger partial charge in [-0.25, -0.2) is 0 Å². The average Bonchev–Trinajstić information content (AvgIpc) is 3.19. The summed E-state index contributed by atoms with van der Waals surface area (Å²) < 4.78 is 8.71. The van der Waals surface area contributed by atoms with Crippen LogP contribution in [0.4, 0.5) is 0 Å². The van der Waals surface area contributed by atoms with Crippen LogP contribution in [0.2, 0.25) is 0 Å². The van der Waals surface area contributed by atoms with E-state index in [2.05, 4.69) is 115 Å². The van der Waals surface area contributed by atoms with Crippen molar-refractivity contribution in [2.24, 2.45) is 0 Å². The van der Waals surface area contributed by atoms with Crippen molar-refractivity contribution in [2.75, 3.05) is 0 Å². The Labute approximate surface area is 192 Å². The van der Waals surface area contributed by atoms with E-state index in [0.717, 1.165) is 17.2 Å². The molecule has 0 unspecified atom stereocenters. The second-order valence-corrected chi connectivity index (χ2v) is 9.44. The molecule has 0 aliphatic carbocycles. The number of benzene rings is 5. The number of ether oxygens (including phenoxy) is 1. The largest absolute Gasteiger partial charge is 0.457 e. The lowest BCUT2D eigenvalue weighted by molar-refractivity contribution is 0.418. The highest BCUT2D eigenvalue weighted by Gasteiger charge is 2.34. The zero-order chi connectivity index (χ0) is 22.2. The van der Waals surface area contributed by atoms with Gasteiger partial charge in [-0.05, 0) is 47.2 Å². The van der Waals surface area contributed by atoms with Gasteiger partial charge in [0, 0.05) is 33.0 Å². The number of rotatable bonds is 1. The van der Waals surface area contributed by atoms with Crippen molar-refractivity contribution < 1.29 is 4.74 Å². The first kappa shape index (κ1) is 18.5. The first-order chi connectivity index (χ1) is 16.1. The fourth-order valence-electron chi connectivity index (χ4n) is 5.59. The molecule has 0 fully saturated rings. The second kappa shape index (κ2) is 6.49. The third-order valence-corrected chi connectivity index (χ3v) is 7.24. The van der Waals surface area contributed by atoms with Crippen LogP contribution in [0.25, 0.3) is 38.3 Å². The van der Waals surface area contributed by atoms with Crippen LogP contribution in [-0.4, -0.2) is 4.57 Å². The van der Waals surface area contributed by atoms with E-state index in [1.165, 1.54) is 43.7 Å². The Balaban J connectivity index is 1.54. The first-order valence-electron chi connectivity index (χ1n) is 11.5. The van der Waals surface area contributed by atoms with E-state index in [1.807, 2.05) is 6.07 Å². The van der Waals surface area contributed by atoms with E-state index in [4.69, 9.17) is 4.74 Å². The maximum atomic E-state index is 6.31. The highest BCUT2D eigenvalue weighted by molar-refractivity contribution is 6.21. The topological polar surface area (TPSA) is 14.2 Å². The summed E-state index contributed by atoms with van der Waals surface area (Å²) in [7, 11) is 0. The highest BCUT2D eigenvalue weighted by Crippen LogP contribution is 2.48. The van der Waals surface area contributed by atoms with Crippen molar-refractivity contribution in [1.82, 2.24) is 4.57 Å². The Kier molecular flexibility index (Phi) is 3.64. The highest BCUT2D eigenvalue weighted by atomic mass is 16.5. The van der Waals surface area contributed by atoms with Gasteiger partial charge in [-0.3, -0.25) is 0 Å². The van der Waals surface area contributed by atoms with Crippen LogP contribution in [0.15, 0.2) is 103 Å². The number of hydrogen-bond acceptors (Lipinski definition) is 1. The zero-order valence-corrected chi connectivity index (χ0v) is 18.7. The number of nitrogens with zero attached hydrogens (tertiary/aromatic N) is 1. The molecule has 0 bridgehead atoms. The summed E-state index contributed by atoms with van der Waals surface area (Å²) in [6.07, 6.45) is 0. The molecule has 0 spiro atoms. The molecule has 0 saturated heterocycles. The maximum absolute atomic E-state index is 6.31. The molecule has 33 heavy (non-hydrogen) atoms. The van der Waals surface area contributed by atoms with Crippen molar-refractivity contribution in [3.05, 3.63) is 114 Å². The molecule has 2 heterocycles. The summed E-state index contributed by atoms with van der Waals surface area (Å²) in [4.78, 5) is 0. The van der Waals surface area contributed by atoms with E-state index in [9.17, 15) is 0 Å². The monoisotopic (exact) mass is 425 g/mol. The minimum atomic E-state index is -0.147. The Morgan fingerprint density at radius 2 is 1.33 bits per heavy atom. The number of para-hydroxylation sites is 2. The van der Waals surface area contributed by atoms with Gasteiger partial charge in [-0.2, -0.15) is 0 Å². The fourth-order valence-corrected chi connectivity index (χ4v) is 5.59. The predicted octanol–water partition coefficient (Wildman–Crippen LogP) is 8.37. The maximum Gasteiger partial charge on any atom is 0.131 e. The standard InChI is InChI=1S/C31H23NO/c1-31(2)24-12-6-8-14-28(24)33-29-18-16-21(19-25(29)31)32-26-13-7-5-11-23(26)30-22-10-4-3-9-20(22)15-17-27(30)32/h3-19H,1-2H3. The molecule has 0 amide bonds. The number of fused-ring (bicyclic) bond motifs is 7. The summed E-state index contributed by atoms with van der Waals surface area (Å²) in [6, 6.07) is 36.9. The lowest BCUT2D eigenvalue weighted by atomic mass is 9.75. The van der Waals surface area contributed by atoms with Crippen molar-refractivity contribution in [3.63, 3.8) is 0 Å². The van der Waals surface area contributed by atoms with Crippen LogP contribution in [-0.2, 0) is 5.41 Å². The van der Waals surface area contributed by atoms with Gasteiger partial charge in [-0.1, -0.05) is 80.6 Å². The van der Waals surface area contributed by atoms with Crippen LogP contribution in [0.5, 0.6) is 11.5 Å². The second-order valence-electron chi connectivity index (χ2n) is 9.44. The molecular weight excluding hydrogens is 402 g/mol. The van der Waals surface area contributed by atoms with E-state index in [1.54, 1.807) is 0 Å². The molecule has 6 aromatic rings. The van der Waals surface area contributed by atoms with Crippen LogP contribution in [0, 0.1) is 0 Å². The van der Waals surface area contributed by atoms with Crippen LogP contribution >= 0.6 is 0 Å². The van der Waals surface area contributed by atoms with Crippen LogP contribution < -0.4 is 4.74 Å². The molecule has 1 aliphatic heterocycles. The van der Waals surface area contributed by atoms with Gasteiger partial charge in [-0.15, -0.1) is 0 Å². The van der Waals surface area contributed by atoms with Gasteiger partial charge >= 0.3 is 0 Å². The molecule has 0 radical (unpaired) electrons. The molecule has 5 aromatic carbocycles. The third kappa shape index (κ3) is 2.49. The molecule has 2 heteroatoms. The Bertz CT molecular complexity index is 1720. The van der Waals surface area contributed by atoms with E-state index < -0.39 is 0 Å². The summed E-state index contributed by atoms with van der Waals surface area (Å²) in [5, 5.41) is 5.15. The summed E-state index contributed by atoms with van der Waals surface area (Å²) in [5.41, 5.74) is 5.90. The zero-order valence-electron chi connectivity index (χ0n) is 18.7. The minimum absolute atomic E-state index is 0.147. The number of aromatic nitrogens is 1. The Morgan fingerprint density at radius 3 is 2.24 bits per heavy atom. The molecule has 158 valence electrons. The van der Waals surface area contributed by atoms with Crippen molar-refractivity contribution in [2.45, 2.75) is 19.3 Å². The molecule has 7 rings (SSSR count). The van der Waals surface area contributed by atoms with Gasteiger partial charge < -0.3 is 9.30 Å². The SMILES string of the molecule is CC1(C)c2ccccc2Oc2ccc(-n3c4ccccc4c4c5ccccc5ccc43)cc21. The molecule has 0 atom stereocenters. The summed E-state index contributed by atoms with van der Waals surface area (Å²) in [5.74, 6) is 1.89. The van der Waals surface area contributed by atoms with Gasteiger partial charge in [0.15, 0.2) is 0 Å². The van der Waals surface area contributed by atoms with Crippen molar-refractivity contribution in [3.8, 4) is 17.2 Å². The predicted molar refractivity (Wildman–Crippen MR) is 137 cm³/mol. The van der Waals surface area contributed by atoms with Crippen molar-refractivity contribution in [1.29, 1.82) is 0 Å². The summed E-state index contributed by atoms with van der Waals surface area (Å²) in [6.45, 7) is 4.58. The lowest BCUT2D eigenvalue weighted by Gasteiger charge is -2.34. The van der Waals surface area contributed by atoms with Crippen molar-refractivity contribution >= 4 is 32.6 Å². The van der Waals surface area contributed by atoms with Crippen LogP contribution in [0.1, 0.15) is 25.0 Å². The molecule has 2 nitrogen and oxygen atoms in total. The van der Waals surface area contributed by atoms with Gasteiger partial charge in [0.1, 0.15) is 11.5 Å². The molecule has 1 aliphatic rings. The molecule has 1 aromatic heterocycles. The average molecular weight is 426 g/mol. The van der Waals surface area contributed by atoms with Gasteiger partial charge in [0.25, 0.3) is 0 Å². The quantitative estimate of drug-likeness (QED) is 0.258. The third-order valence-electron chi connectivity index (χ3n) is 7.24. The van der Waals surface area contributed by atoms with E-state index in [0.29, 0.717) is 0 Å². The molecule has 0 N–H and O–H groups in total. The summed E-state index contributed by atoms with van der Waals surface area (Å²) >= 11 is 0. The van der Waals surface area contributed by atoms with Gasteiger partial charge in [0.2, 0.25) is 0 Å². The lowest BCUT2D eigenvalue weighted by Crippen LogP contribution is -2.24. The van der Waals surface area contributed by atoms with Crippen LogP contribution in [0.3, 0.4) is 0 Å². The minimum Gasteiger partial charge on any atom is -0.457 e. The molecular formula is C31H23NO. The Hall–Kier alpha value is -4.04. The number of hydrogen-bond donors (Lipinski definition) is 0.